The Morgan fingerprint density at radius 2 is 2.10 bits per heavy atom. The first-order valence-electron chi connectivity index (χ1n) is 6.71. The molecule has 5 heteroatoms. The fraction of sp³-hybridized carbons (Fsp3) is 0.400. The molecule has 2 rings (SSSR count). The molecule has 104 valence electrons. The van der Waals surface area contributed by atoms with Crippen molar-refractivity contribution >= 4 is 0 Å². The topological polar surface area (TPSA) is 63.7 Å². The number of nitriles is 1. The van der Waals surface area contributed by atoms with Crippen molar-refractivity contribution < 1.29 is 4.74 Å². The molecule has 0 fully saturated rings. The van der Waals surface area contributed by atoms with Crippen LogP contribution in [0, 0.1) is 11.3 Å². The van der Waals surface area contributed by atoms with Gasteiger partial charge in [-0.15, -0.1) is 0 Å². The van der Waals surface area contributed by atoms with E-state index in [2.05, 4.69) is 23.1 Å². The van der Waals surface area contributed by atoms with E-state index in [0.29, 0.717) is 17.9 Å². The second-order valence-corrected chi connectivity index (χ2v) is 4.46. The van der Waals surface area contributed by atoms with Crippen LogP contribution in [0.1, 0.15) is 36.6 Å². The zero-order valence-electron chi connectivity index (χ0n) is 12.1. The van der Waals surface area contributed by atoms with Gasteiger partial charge in [0.15, 0.2) is 5.82 Å². The molecule has 5 nitrogen and oxygen atoms in total. The Hall–Kier alpha value is -2.35. The summed E-state index contributed by atoms with van der Waals surface area (Å²) in [5.74, 6) is 2.42. The molecule has 0 saturated heterocycles. The summed E-state index contributed by atoms with van der Waals surface area (Å²) >= 11 is 0. The molecule has 2 aromatic rings. The van der Waals surface area contributed by atoms with Crippen molar-refractivity contribution in [2.45, 2.75) is 33.2 Å². The van der Waals surface area contributed by atoms with Gasteiger partial charge < -0.3 is 4.74 Å². The molecule has 0 aliphatic heterocycles. The second-order valence-electron chi connectivity index (χ2n) is 4.46. The summed E-state index contributed by atoms with van der Waals surface area (Å²) in [6, 6.07) is 7.75. The lowest BCUT2D eigenvalue weighted by Gasteiger charge is -2.07. The van der Waals surface area contributed by atoms with Gasteiger partial charge in [0, 0.05) is 12.8 Å². The minimum Gasteiger partial charge on any atom is -0.495 e. The summed E-state index contributed by atoms with van der Waals surface area (Å²) in [6.45, 7) is 4.73. The predicted molar refractivity (Wildman–Crippen MR) is 75.6 cm³/mol. The fourth-order valence-corrected chi connectivity index (χ4v) is 2.08. The van der Waals surface area contributed by atoms with Crippen LogP contribution >= 0.6 is 0 Å². The Kier molecular flexibility index (Phi) is 4.36. The highest BCUT2D eigenvalue weighted by atomic mass is 16.5. The summed E-state index contributed by atoms with van der Waals surface area (Å²) < 4.78 is 7.06. The maximum Gasteiger partial charge on any atom is 0.150 e. The van der Waals surface area contributed by atoms with Crippen LogP contribution < -0.4 is 4.74 Å². The molecule has 1 aromatic carbocycles. The molecule has 20 heavy (non-hydrogen) atoms. The Balaban J connectivity index is 2.30. The predicted octanol–water partition coefficient (Wildman–Crippen LogP) is 2.33. The maximum atomic E-state index is 9.12. The zero-order valence-corrected chi connectivity index (χ0v) is 12.1. The fourth-order valence-electron chi connectivity index (χ4n) is 2.08. The van der Waals surface area contributed by atoms with Crippen LogP contribution in [0.4, 0.5) is 0 Å². The molecule has 0 N–H and O–H groups in total. The van der Waals surface area contributed by atoms with Gasteiger partial charge in [-0.25, -0.2) is 9.67 Å². The van der Waals surface area contributed by atoms with Crippen LogP contribution in [0.3, 0.4) is 0 Å². The molecule has 0 amide bonds. The van der Waals surface area contributed by atoms with E-state index in [0.717, 1.165) is 30.1 Å². The maximum absolute atomic E-state index is 9.12. The molecule has 0 spiro atoms. The van der Waals surface area contributed by atoms with Crippen molar-refractivity contribution in [1.29, 1.82) is 5.26 Å². The Labute approximate surface area is 118 Å². The number of hydrogen-bond donors (Lipinski definition) is 0. The van der Waals surface area contributed by atoms with Crippen LogP contribution in [-0.4, -0.2) is 21.9 Å². The van der Waals surface area contributed by atoms with Crippen LogP contribution in [0.15, 0.2) is 18.2 Å². The first-order valence-corrected chi connectivity index (χ1v) is 6.71. The normalized spacial score (nSPS) is 10.3. The van der Waals surface area contributed by atoms with Crippen LogP contribution in [0.25, 0.3) is 0 Å². The van der Waals surface area contributed by atoms with E-state index in [-0.39, 0.29) is 0 Å². The number of rotatable bonds is 5. The van der Waals surface area contributed by atoms with Crippen molar-refractivity contribution in [2.75, 3.05) is 7.11 Å². The largest absolute Gasteiger partial charge is 0.495 e. The van der Waals surface area contributed by atoms with E-state index in [1.54, 1.807) is 7.11 Å². The lowest BCUT2D eigenvalue weighted by atomic mass is 10.1. The highest BCUT2D eigenvalue weighted by Crippen LogP contribution is 2.19. The Bertz CT molecular complexity index is 640. The number of benzene rings is 1. The molecule has 0 aliphatic rings. The standard InChI is InChI=1S/C15H18N4O/c1-4-14-17-15(5-2)19(18-14)10-11-6-7-13(20-3)12(8-11)9-16/h6-8H,4-5,10H2,1-3H3. The number of aryl methyl sites for hydroxylation is 2. The van der Waals surface area contributed by atoms with Crippen molar-refractivity contribution in [2.24, 2.45) is 0 Å². The summed E-state index contributed by atoms with van der Waals surface area (Å²) in [6.07, 6.45) is 1.67. The monoisotopic (exact) mass is 270 g/mol. The summed E-state index contributed by atoms with van der Waals surface area (Å²) in [7, 11) is 1.57. The molecule has 0 atom stereocenters. The van der Waals surface area contributed by atoms with E-state index in [4.69, 9.17) is 10.00 Å². The van der Waals surface area contributed by atoms with E-state index in [1.165, 1.54) is 0 Å². The van der Waals surface area contributed by atoms with Gasteiger partial charge in [0.1, 0.15) is 17.6 Å². The van der Waals surface area contributed by atoms with Gasteiger partial charge in [0.05, 0.1) is 19.2 Å². The number of nitrogens with zero attached hydrogens (tertiary/aromatic N) is 4. The Morgan fingerprint density at radius 3 is 2.70 bits per heavy atom. The van der Waals surface area contributed by atoms with E-state index in [9.17, 15) is 0 Å². The van der Waals surface area contributed by atoms with Crippen LogP contribution in [0.5, 0.6) is 5.75 Å². The quantitative estimate of drug-likeness (QED) is 0.836. The number of methoxy groups -OCH3 is 1. The molecule has 0 radical (unpaired) electrons. The summed E-state index contributed by atoms with van der Waals surface area (Å²) in [5.41, 5.74) is 1.56. The molecule has 0 aliphatic carbocycles. The van der Waals surface area contributed by atoms with Gasteiger partial charge in [-0.1, -0.05) is 19.9 Å². The lowest BCUT2D eigenvalue weighted by molar-refractivity contribution is 0.413. The first-order chi connectivity index (χ1) is 9.71. The number of hydrogen-bond acceptors (Lipinski definition) is 4. The van der Waals surface area contributed by atoms with Crippen molar-refractivity contribution in [3.63, 3.8) is 0 Å². The minimum absolute atomic E-state index is 0.541. The molecule has 0 bridgehead atoms. The lowest BCUT2D eigenvalue weighted by Crippen LogP contribution is -2.06. The first kappa shape index (κ1) is 14.1. The van der Waals surface area contributed by atoms with Gasteiger partial charge >= 0.3 is 0 Å². The molecular weight excluding hydrogens is 252 g/mol. The smallest absolute Gasteiger partial charge is 0.150 e. The molecular formula is C15H18N4O. The SMILES string of the molecule is CCc1nc(CC)n(Cc2ccc(OC)c(C#N)c2)n1. The third kappa shape index (κ3) is 2.80. The van der Waals surface area contributed by atoms with Crippen molar-refractivity contribution in [3.05, 3.63) is 41.0 Å². The Morgan fingerprint density at radius 1 is 1.30 bits per heavy atom. The van der Waals surface area contributed by atoms with E-state index in [1.807, 2.05) is 29.8 Å². The average Bonchev–Trinajstić information content (AvgIpc) is 2.89. The molecule has 1 heterocycles. The van der Waals surface area contributed by atoms with Gasteiger partial charge in [-0.3, -0.25) is 0 Å². The molecule has 0 saturated carbocycles. The third-order valence-electron chi connectivity index (χ3n) is 3.14. The summed E-state index contributed by atoms with van der Waals surface area (Å²) in [5, 5.41) is 13.6. The van der Waals surface area contributed by atoms with Gasteiger partial charge in [-0.2, -0.15) is 10.4 Å². The van der Waals surface area contributed by atoms with Crippen molar-refractivity contribution in [1.82, 2.24) is 14.8 Å². The highest BCUT2D eigenvalue weighted by Gasteiger charge is 2.09. The van der Waals surface area contributed by atoms with E-state index >= 15 is 0 Å². The van der Waals surface area contributed by atoms with E-state index < -0.39 is 0 Å². The van der Waals surface area contributed by atoms with Gasteiger partial charge in [0.2, 0.25) is 0 Å². The zero-order chi connectivity index (χ0) is 14.5. The minimum atomic E-state index is 0.541. The van der Waals surface area contributed by atoms with Gasteiger partial charge in [0.25, 0.3) is 0 Å². The van der Waals surface area contributed by atoms with Gasteiger partial charge in [-0.05, 0) is 17.7 Å². The molecule has 1 aromatic heterocycles. The number of ether oxygens (including phenoxy) is 1. The molecule has 0 unspecified atom stereocenters. The number of aromatic nitrogens is 3. The third-order valence-corrected chi connectivity index (χ3v) is 3.14. The highest BCUT2D eigenvalue weighted by molar-refractivity contribution is 5.45. The van der Waals surface area contributed by atoms with Crippen LogP contribution in [-0.2, 0) is 19.4 Å². The summed E-state index contributed by atoms with van der Waals surface area (Å²) in [4.78, 5) is 4.48. The van der Waals surface area contributed by atoms with Crippen molar-refractivity contribution in [3.8, 4) is 11.8 Å². The second kappa shape index (κ2) is 6.20. The average molecular weight is 270 g/mol. The van der Waals surface area contributed by atoms with Crippen LogP contribution in [0.2, 0.25) is 0 Å².